The van der Waals surface area contributed by atoms with Crippen molar-refractivity contribution in [1.29, 1.82) is 0 Å². The average Bonchev–Trinajstić information content (AvgIpc) is 3.03. The smallest absolute Gasteiger partial charge is 0.322 e. The van der Waals surface area contributed by atoms with E-state index in [1.165, 1.54) is 0 Å². The molecule has 0 atom stereocenters. The fourth-order valence-corrected chi connectivity index (χ4v) is 2.30. The molecule has 0 saturated carbocycles. The number of nitrogens with zero attached hydrogens (tertiary/aromatic N) is 4. The summed E-state index contributed by atoms with van der Waals surface area (Å²) in [5.74, 6) is 0.531. The molecular formula is C18H19N5O. The van der Waals surface area contributed by atoms with E-state index < -0.39 is 0 Å². The molecule has 24 heavy (non-hydrogen) atoms. The Balaban J connectivity index is 1.57. The second kappa shape index (κ2) is 7.41. The minimum atomic E-state index is -0.217. The van der Waals surface area contributed by atoms with Crippen molar-refractivity contribution in [2.24, 2.45) is 0 Å². The molecule has 1 aromatic carbocycles. The number of amides is 2. The van der Waals surface area contributed by atoms with Crippen LogP contribution in [0.1, 0.15) is 11.3 Å². The highest BCUT2D eigenvalue weighted by molar-refractivity contribution is 5.87. The summed E-state index contributed by atoms with van der Waals surface area (Å²) in [5, 5.41) is 7.17. The highest BCUT2D eigenvalue weighted by Crippen LogP contribution is 2.08. The molecule has 0 aliphatic carbocycles. The van der Waals surface area contributed by atoms with E-state index in [2.05, 4.69) is 15.4 Å². The normalized spacial score (nSPS) is 10.4. The second-order valence-corrected chi connectivity index (χ2v) is 5.49. The molecule has 0 aliphatic heterocycles. The summed E-state index contributed by atoms with van der Waals surface area (Å²) in [5.41, 5.74) is 2.00. The maximum atomic E-state index is 12.2. The number of nitrogens with one attached hydrogen (secondary N) is 1. The maximum absolute atomic E-state index is 12.2. The maximum Gasteiger partial charge on any atom is 0.323 e. The molecule has 2 aromatic heterocycles. The summed E-state index contributed by atoms with van der Waals surface area (Å²) in [6.45, 7) is 1.11. The van der Waals surface area contributed by atoms with Gasteiger partial charge in [0, 0.05) is 25.5 Å². The van der Waals surface area contributed by atoms with Crippen molar-refractivity contribution in [1.82, 2.24) is 19.7 Å². The van der Waals surface area contributed by atoms with Gasteiger partial charge in [0.25, 0.3) is 0 Å². The fraction of sp³-hybridized carbons (Fsp3) is 0.167. The zero-order valence-electron chi connectivity index (χ0n) is 13.5. The fourth-order valence-electron chi connectivity index (χ4n) is 2.30. The number of urea groups is 1. The highest BCUT2D eigenvalue weighted by atomic mass is 16.2. The monoisotopic (exact) mass is 321 g/mol. The van der Waals surface area contributed by atoms with Gasteiger partial charge in [-0.05, 0) is 17.7 Å². The Kier molecular flexibility index (Phi) is 4.86. The number of carbonyl (C=O) groups is 1. The third-order valence-corrected chi connectivity index (χ3v) is 3.54. The molecule has 122 valence electrons. The van der Waals surface area contributed by atoms with Crippen molar-refractivity contribution in [2.75, 3.05) is 12.4 Å². The third-order valence-electron chi connectivity index (χ3n) is 3.54. The SMILES string of the molecule is CN(Cc1ccccn1)C(=O)Nc1ccn(Cc2ccccc2)n1. The Bertz CT molecular complexity index is 785. The summed E-state index contributed by atoms with van der Waals surface area (Å²) in [6, 6.07) is 17.3. The van der Waals surface area contributed by atoms with Gasteiger partial charge in [-0.3, -0.25) is 15.0 Å². The zero-order chi connectivity index (χ0) is 16.8. The van der Waals surface area contributed by atoms with Crippen LogP contribution in [0.3, 0.4) is 0 Å². The summed E-state index contributed by atoms with van der Waals surface area (Å²) >= 11 is 0. The molecule has 0 radical (unpaired) electrons. The zero-order valence-corrected chi connectivity index (χ0v) is 13.5. The molecule has 0 saturated heterocycles. The van der Waals surface area contributed by atoms with Crippen LogP contribution >= 0.6 is 0 Å². The van der Waals surface area contributed by atoms with Gasteiger partial charge < -0.3 is 4.90 Å². The predicted molar refractivity (Wildman–Crippen MR) is 92.5 cm³/mol. The van der Waals surface area contributed by atoms with Gasteiger partial charge in [0.15, 0.2) is 5.82 Å². The number of anilines is 1. The molecule has 3 rings (SSSR count). The number of aromatic nitrogens is 3. The quantitative estimate of drug-likeness (QED) is 0.786. The van der Waals surface area contributed by atoms with Crippen LogP contribution < -0.4 is 5.32 Å². The number of hydrogen-bond donors (Lipinski definition) is 1. The number of carbonyl (C=O) groups excluding carboxylic acids is 1. The molecule has 2 amide bonds. The van der Waals surface area contributed by atoms with Crippen molar-refractivity contribution >= 4 is 11.8 Å². The van der Waals surface area contributed by atoms with Crippen molar-refractivity contribution in [2.45, 2.75) is 13.1 Å². The molecular weight excluding hydrogens is 302 g/mol. The van der Waals surface area contributed by atoms with Crippen LogP contribution in [0.4, 0.5) is 10.6 Å². The van der Waals surface area contributed by atoms with Crippen LogP contribution in [-0.4, -0.2) is 32.7 Å². The molecule has 0 spiro atoms. The van der Waals surface area contributed by atoms with Crippen LogP contribution in [-0.2, 0) is 13.1 Å². The number of hydrogen-bond acceptors (Lipinski definition) is 3. The van der Waals surface area contributed by atoms with Crippen molar-refractivity contribution in [3.63, 3.8) is 0 Å². The van der Waals surface area contributed by atoms with Gasteiger partial charge in [0.1, 0.15) is 0 Å². The third kappa shape index (κ3) is 4.19. The van der Waals surface area contributed by atoms with E-state index >= 15 is 0 Å². The van der Waals surface area contributed by atoms with Gasteiger partial charge in [-0.2, -0.15) is 5.10 Å². The number of pyridine rings is 1. The molecule has 0 unspecified atom stereocenters. The molecule has 0 fully saturated rings. The van der Waals surface area contributed by atoms with Crippen molar-refractivity contribution in [3.8, 4) is 0 Å². The molecule has 0 bridgehead atoms. The van der Waals surface area contributed by atoms with Gasteiger partial charge >= 0.3 is 6.03 Å². The molecule has 2 heterocycles. The lowest BCUT2D eigenvalue weighted by atomic mass is 10.2. The van der Waals surface area contributed by atoms with Crippen LogP contribution in [0.5, 0.6) is 0 Å². The molecule has 6 heteroatoms. The first-order valence-electron chi connectivity index (χ1n) is 7.70. The first-order valence-corrected chi connectivity index (χ1v) is 7.70. The Morgan fingerprint density at radius 3 is 2.67 bits per heavy atom. The second-order valence-electron chi connectivity index (χ2n) is 5.49. The lowest BCUT2D eigenvalue weighted by Gasteiger charge is -2.16. The summed E-state index contributed by atoms with van der Waals surface area (Å²) in [4.78, 5) is 18.0. The average molecular weight is 321 g/mol. The first-order chi connectivity index (χ1) is 11.7. The minimum absolute atomic E-state index is 0.217. The summed E-state index contributed by atoms with van der Waals surface area (Å²) in [7, 11) is 1.73. The van der Waals surface area contributed by atoms with E-state index in [0.717, 1.165) is 11.3 Å². The van der Waals surface area contributed by atoms with Crippen LogP contribution in [0, 0.1) is 0 Å². The van der Waals surface area contributed by atoms with Crippen molar-refractivity contribution < 1.29 is 4.79 Å². The largest absolute Gasteiger partial charge is 0.323 e. The van der Waals surface area contributed by atoms with E-state index in [9.17, 15) is 4.79 Å². The number of rotatable bonds is 5. The minimum Gasteiger partial charge on any atom is -0.322 e. The molecule has 3 aromatic rings. The van der Waals surface area contributed by atoms with E-state index in [0.29, 0.717) is 18.9 Å². The first kappa shape index (κ1) is 15.7. The van der Waals surface area contributed by atoms with Gasteiger partial charge in [0.2, 0.25) is 0 Å². The lowest BCUT2D eigenvalue weighted by molar-refractivity contribution is 0.220. The van der Waals surface area contributed by atoms with Gasteiger partial charge in [-0.25, -0.2) is 4.79 Å². The topological polar surface area (TPSA) is 63.1 Å². The van der Waals surface area contributed by atoms with E-state index in [1.54, 1.807) is 28.9 Å². The Hall–Kier alpha value is -3.15. The van der Waals surface area contributed by atoms with Gasteiger partial charge in [0.05, 0.1) is 18.8 Å². The van der Waals surface area contributed by atoms with Crippen LogP contribution in [0.25, 0.3) is 0 Å². The van der Waals surface area contributed by atoms with Gasteiger partial charge in [-0.15, -0.1) is 0 Å². The van der Waals surface area contributed by atoms with Crippen molar-refractivity contribution in [3.05, 3.63) is 78.2 Å². The summed E-state index contributed by atoms with van der Waals surface area (Å²) in [6.07, 6.45) is 3.56. The Morgan fingerprint density at radius 1 is 1.12 bits per heavy atom. The predicted octanol–water partition coefficient (Wildman–Crippen LogP) is 2.99. The van der Waals surface area contributed by atoms with E-state index in [1.807, 2.05) is 54.7 Å². The van der Waals surface area contributed by atoms with E-state index in [-0.39, 0.29) is 6.03 Å². The molecule has 0 aliphatic rings. The van der Waals surface area contributed by atoms with E-state index in [4.69, 9.17) is 0 Å². The number of benzene rings is 1. The molecule has 1 N–H and O–H groups in total. The standard InChI is InChI=1S/C18H19N5O/c1-22(14-16-9-5-6-11-19-16)18(24)20-17-10-12-23(21-17)13-15-7-3-2-4-8-15/h2-12H,13-14H2,1H3,(H,20,21,24). The lowest BCUT2D eigenvalue weighted by Crippen LogP contribution is -2.31. The van der Waals surface area contributed by atoms with Crippen LogP contribution in [0.15, 0.2) is 67.0 Å². The van der Waals surface area contributed by atoms with Crippen LogP contribution in [0.2, 0.25) is 0 Å². The summed E-state index contributed by atoms with van der Waals surface area (Å²) < 4.78 is 1.80. The molecule has 6 nitrogen and oxygen atoms in total. The highest BCUT2D eigenvalue weighted by Gasteiger charge is 2.11. The van der Waals surface area contributed by atoms with Gasteiger partial charge in [-0.1, -0.05) is 36.4 Å². The Labute approximate surface area is 140 Å². The Morgan fingerprint density at radius 2 is 1.92 bits per heavy atom.